The van der Waals surface area contributed by atoms with Crippen LogP contribution in [0.25, 0.3) is 5.69 Å². The Hall–Kier alpha value is -2.35. The molecule has 0 unspecified atom stereocenters. The van der Waals surface area contributed by atoms with Crippen LogP contribution < -0.4 is 4.90 Å². The van der Waals surface area contributed by atoms with Crippen molar-refractivity contribution in [2.24, 2.45) is 0 Å². The minimum atomic E-state index is 0.0521. The van der Waals surface area contributed by atoms with E-state index in [1.807, 2.05) is 78.2 Å². The van der Waals surface area contributed by atoms with Gasteiger partial charge >= 0.3 is 0 Å². The summed E-state index contributed by atoms with van der Waals surface area (Å²) >= 11 is 7.57. The summed E-state index contributed by atoms with van der Waals surface area (Å²) in [4.78, 5) is 17.7. The highest BCUT2D eigenvalue weighted by Gasteiger charge is 2.28. The van der Waals surface area contributed by atoms with Gasteiger partial charge in [-0.2, -0.15) is 0 Å². The largest absolute Gasteiger partial charge is 0.309 e. The van der Waals surface area contributed by atoms with Crippen LogP contribution in [0.5, 0.6) is 0 Å². The lowest BCUT2D eigenvalue weighted by atomic mass is 9.93. The quantitative estimate of drug-likeness (QED) is 0.357. The molecular weight excluding hydrogens is 466 g/mol. The monoisotopic (exact) mass is 497 g/mol. The predicted octanol–water partition coefficient (Wildman–Crippen LogP) is 6.00. The summed E-state index contributed by atoms with van der Waals surface area (Å²) in [5.41, 5.74) is 1.90. The lowest BCUT2D eigenvalue weighted by Gasteiger charge is -2.34. The van der Waals surface area contributed by atoms with E-state index in [0.29, 0.717) is 15.9 Å². The number of anilines is 1. The Labute approximate surface area is 211 Å². The molecule has 1 amide bonds. The van der Waals surface area contributed by atoms with E-state index in [0.717, 1.165) is 30.0 Å². The number of thioether (sulfide) groups is 1. The lowest BCUT2D eigenvalue weighted by Crippen LogP contribution is -2.42. The van der Waals surface area contributed by atoms with Crippen LogP contribution >= 0.6 is 23.4 Å². The minimum absolute atomic E-state index is 0.0521. The van der Waals surface area contributed by atoms with Gasteiger partial charge in [0.15, 0.2) is 11.0 Å². The third kappa shape index (κ3) is 5.65. The van der Waals surface area contributed by atoms with E-state index in [4.69, 9.17) is 11.6 Å². The Morgan fingerprint density at radius 3 is 2.38 bits per heavy atom. The topological polar surface area (TPSA) is 54.3 Å². The summed E-state index contributed by atoms with van der Waals surface area (Å²) < 4.78 is 2.03. The van der Waals surface area contributed by atoms with Crippen LogP contribution in [0.4, 0.5) is 5.69 Å². The third-order valence-electron chi connectivity index (χ3n) is 6.46. The number of hydrogen-bond donors (Lipinski definition) is 0. The van der Waals surface area contributed by atoms with Crippen LogP contribution in [0.2, 0.25) is 5.02 Å². The summed E-state index contributed by atoms with van der Waals surface area (Å²) in [7, 11) is 4.04. The Morgan fingerprint density at radius 2 is 1.74 bits per heavy atom. The minimum Gasteiger partial charge on any atom is -0.309 e. The van der Waals surface area contributed by atoms with Gasteiger partial charge in [-0.15, -0.1) is 10.2 Å². The second-order valence-electron chi connectivity index (χ2n) is 8.97. The molecule has 1 saturated carbocycles. The van der Waals surface area contributed by atoms with Crippen molar-refractivity contribution in [3.63, 3.8) is 0 Å². The number of rotatable bonds is 8. The molecule has 8 heteroatoms. The molecule has 4 rings (SSSR count). The number of carbonyl (C=O) groups excluding carboxylic acids is 1. The molecule has 0 bridgehead atoms. The van der Waals surface area contributed by atoms with E-state index in [-0.39, 0.29) is 18.0 Å². The van der Waals surface area contributed by atoms with Crippen molar-refractivity contribution in [2.45, 2.75) is 56.3 Å². The third-order valence-corrected chi connectivity index (χ3v) is 7.62. The van der Waals surface area contributed by atoms with Gasteiger partial charge in [0.25, 0.3) is 0 Å². The smallest absolute Gasteiger partial charge is 0.237 e. The van der Waals surface area contributed by atoms with Gasteiger partial charge in [0.1, 0.15) is 0 Å². The number of nitrogens with zero attached hydrogens (tertiary/aromatic N) is 5. The van der Waals surface area contributed by atoms with Crippen LogP contribution in [0.3, 0.4) is 0 Å². The predicted molar refractivity (Wildman–Crippen MR) is 140 cm³/mol. The second-order valence-corrected chi connectivity index (χ2v) is 10.4. The zero-order chi connectivity index (χ0) is 24.1. The van der Waals surface area contributed by atoms with E-state index >= 15 is 0 Å². The molecule has 2 aromatic carbocycles. The Balaban J connectivity index is 1.60. The Morgan fingerprint density at radius 1 is 1.06 bits per heavy atom. The lowest BCUT2D eigenvalue weighted by molar-refractivity contribution is -0.116. The molecule has 0 N–H and O–H groups in total. The number of aromatic nitrogens is 3. The fourth-order valence-electron chi connectivity index (χ4n) is 4.39. The Bertz CT molecular complexity index is 1080. The molecule has 1 aromatic heterocycles. The second kappa shape index (κ2) is 11.4. The molecule has 0 aliphatic heterocycles. The fourth-order valence-corrected chi connectivity index (χ4v) is 5.34. The molecule has 1 fully saturated rings. The average molecular weight is 498 g/mol. The standard InChI is InChI=1S/C26H32ClN5OS/c1-19(30(2)3)25-28-29-26(32(25)23-16-14-20(27)15-17-23)34-18-24(33)31(21-10-6-4-7-11-21)22-12-8-5-9-13-22/h4,6-7,10-11,14-17,19,22H,5,8-9,12-13,18H2,1-3H3/t19-/m1/s1. The van der Waals surface area contributed by atoms with Crippen LogP contribution in [-0.2, 0) is 4.79 Å². The SMILES string of the molecule is C[C@H](c1nnc(SCC(=O)N(c2ccccc2)C2CCCCC2)n1-c1ccc(Cl)cc1)N(C)C. The van der Waals surface area contributed by atoms with E-state index in [2.05, 4.69) is 22.0 Å². The van der Waals surface area contributed by atoms with Crippen molar-refractivity contribution in [1.29, 1.82) is 0 Å². The van der Waals surface area contributed by atoms with E-state index in [1.165, 1.54) is 31.0 Å². The number of hydrogen-bond acceptors (Lipinski definition) is 5. The van der Waals surface area contributed by atoms with Crippen LogP contribution in [-0.4, -0.2) is 51.5 Å². The first-order chi connectivity index (χ1) is 16.5. The van der Waals surface area contributed by atoms with E-state index < -0.39 is 0 Å². The summed E-state index contributed by atoms with van der Waals surface area (Å²) in [5.74, 6) is 1.23. The van der Waals surface area contributed by atoms with Crippen molar-refractivity contribution >= 4 is 35.0 Å². The number of benzene rings is 2. The van der Waals surface area contributed by atoms with Gasteiger partial charge in [-0.05, 0) is 70.3 Å². The first-order valence-electron chi connectivity index (χ1n) is 11.8. The van der Waals surface area contributed by atoms with Gasteiger partial charge < -0.3 is 4.90 Å². The fraction of sp³-hybridized carbons (Fsp3) is 0.423. The molecule has 180 valence electrons. The number of carbonyl (C=O) groups is 1. The van der Waals surface area contributed by atoms with Gasteiger partial charge in [0, 0.05) is 22.4 Å². The number of halogens is 1. The molecule has 1 heterocycles. The van der Waals surface area contributed by atoms with Gasteiger partial charge in [0.05, 0.1) is 11.8 Å². The molecule has 0 saturated heterocycles. The van der Waals surface area contributed by atoms with Crippen LogP contribution in [0, 0.1) is 0 Å². The van der Waals surface area contributed by atoms with Crippen LogP contribution in [0.15, 0.2) is 59.8 Å². The maximum Gasteiger partial charge on any atom is 0.237 e. The summed E-state index contributed by atoms with van der Waals surface area (Å²) in [6, 6.07) is 18.0. The average Bonchev–Trinajstić information content (AvgIpc) is 3.28. The Kier molecular flexibility index (Phi) is 8.29. The molecule has 1 atom stereocenters. The zero-order valence-electron chi connectivity index (χ0n) is 20.0. The normalized spacial score (nSPS) is 15.4. The summed E-state index contributed by atoms with van der Waals surface area (Å²) in [6.07, 6.45) is 5.70. The molecule has 3 aromatic rings. The molecule has 6 nitrogen and oxygen atoms in total. The first-order valence-corrected chi connectivity index (χ1v) is 13.2. The highest BCUT2D eigenvalue weighted by molar-refractivity contribution is 7.99. The molecule has 1 aliphatic rings. The van der Waals surface area contributed by atoms with E-state index in [9.17, 15) is 4.79 Å². The van der Waals surface area contributed by atoms with Gasteiger partial charge in [-0.1, -0.05) is 60.8 Å². The molecule has 0 spiro atoms. The highest BCUT2D eigenvalue weighted by Crippen LogP contribution is 2.31. The van der Waals surface area contributed by atoms with Crippen molar-refractivity contribution in [3.8, 4) is 5.69 Å². The van der Waals surface area contributed by atoms with Crippen LogP contribution in [0.1, 0.15) is 50.9 Å². The molecule has 34 heavy (non-hydrogen) atoms. The molecule has 0 radical (unpaired) electrons. The van der Waals surface area contributed by atoms with Gasteiger partial charge in [-0.25, -0.2) is 0 Å². The maximum absolute atomic E-state index is 13.6. The zero-order valence-corrected chi connectivity index (χ0v) is 21.6. The van der Waals surface area contributed by atoms with Crippen molar-refractivity contribution in [3.05, 3.63) is 65.4 Å². The molecule has 1 aliphatic carbocycles. The van der Waals surface area contributed by atoms with E-state index in [1.54, 1.807) is 0 Å². The highest BCUT2D eigenvalue weighted by atomic mass is 35.5. The van der Waals surface area contributed by atoms with Crippen molar-refractivity contribution < 1.29 is 4.79 Å². The van der Waals surface area contributed by atoms with Gasteiger partial charge in [-0.3, -0.25) is 14.3 Å². The molecular formula is C26H32ClN5OS. The summed E-state index contributed by atoms with van der Waals surface area (Å²) in [6.45, 7) is 2.09. The van der Waals surface area contributed by atoms with Crippen molar-refractivity contribution in [2.75, 3.05) is 24.7 Å². The number of amides is 1. The maximum atomic E-state index is 13.6. The van der Waals surface area contributed by atoms with Gasteiger partial charge in [0.2, 0.25) is 5.91 Å². The van der Waals surface area contributed by atoms with Crippen molar-refractivity contribution in [1.82, 2.24) is 19.7 Å². The number of para-hydroxylation sites is 1. The summed E-state index contributed by atoms with van der Waals surface area (Å²) in [5, 5.41) is 10.4. The first kappa shape index (κ1) is 24.8.